The summed E-state index contributed by atoms with van der Waals surface area (Å²) in [4.78, 5) is 38.8. The monoisotopic (exact) mass is 438 g/mol. The van der Waals surface area contributed by atoms with E-state index in [-0.39, 0.29) is 23.9 Å². The number of piperidine rings is 1. The number of thiophene rings is 1. The number of fused-ring (bicyclic) bond motifs is 2. The number of amides is 1. The van der Waals surface area contributed by atoms with Gasteiger partial charge in [0.05, 0.1) is 26.9 Å². The van der Waals surface area contributed by atoms with Crippen LogP contribution in [-0.4, -0.2) is 38.4 Å². The van der Waals surface area contributed by atoms with Gasteiger partial charge in [-0.15, -0.1) is 22.7 Å². The molecule has 4 heterocycles. The average Bonchev–Trinajstić information content (AvgIpc) is 3.31. The zero-order valence-electron chi connectivity index (χ0n) is 16.9. The van der Waals surface area contributed by atoms with Gasteiger partial charge in [0.25, 0.3) is 5.56 Å². The maximum atomic E-state index is 13.0. The van der Waals surface area contributed by atoms with E-state index in [1.54, 1.807) is 11.3 Å². The fraction of sp³-hybridized carbons (Fsp3) is 0.364. The number of nitrogens with zero attached hydrogens (tertiary/aromatic N) is 4. The number of para-hydroxylation sites is 1. The molecule has 154 valence electrons. The van der Waals surface area contributed by atoms with Crippen LogP contribution < -0.4 is 5.56 Å². The van der Waals surface area contributed by atoms with Gasteiger partial charge in [-0.3, -0.25) is 14.2 Å². The van der Waals surface area contributed by atoms with Gasteiger partial charge in [0, 0.05) is 23.9 Å². The third kappa shape index (κ3) is 3.33. The molecule has 0 unspecified atom stereocenters. The number of benzene rings is 1. The quantitative estimate of drug-likeness (QED) is 0.483. The Morgan fingerprint density at radius 1 is 1.23 bits per heavy atom. The van der Waals surface area contributed by atoms with Crippen molar-refractivity contribution in [2.75, 3.05) is 13.1 Å². The third-order valence-corrected chi connectivity index (χ3v) is 8.21. The smallest absolute Gasteiger partial charge is 0.262 e. The minimum Gasteiger partial charge on any atom is -0.340 e. The first-order valence-corrected chi connectivity index (χ1v) is 11.7. The summed E-state index contributed by atoms with van der Waals surface area (Å²) in [5.74, 6) is 0.216. The minimum absolute atomic E-state index is 0.0304. The molecule has 1 aliphatic rings. The Labute approximate surface area is 181 Å². The van der Waals surface area contributed by atoms with Gasteiger partial charge in [-0.1, -0.05) is 12.1 Å². The van der Waals surface area contributed by atoms with E-state index in [1.165, 1.54) is 26.9 Å². The minimum atomic E-state index is -0.130. The van der Waals surface area contributed by atoms with Crippen LogP contribution in [0.1, 0.15) is 34.2 Å². The number of aryl methyl sites for hydroxylation is 2. The second kappa shape index (κ2) is 7.59. The van der Waals surface area contributed by atoms with Gasteiger partial charge in [-0.2, -0.15) is 0 Å². The number of thiazole rings is 1. The summed E-state index contributed by atoms with van der Waals surface area (Å²) in [6.45, 7) is 5.34. The first-order chi connectivity index (χ1) is 14.5. The molecule has 8 heteroatoms. The molecular formula is C22H22N4O2S2. The van der Waals surface area contributed by atoms with Gasteiger partial charge in [-0.25, -0.2) is 9.97 Å². The highest BCUT2D eigenvalue weighted by molar-refractivity contribution is 7.19. The van der Waals surface area contributed by atoms with Crippen molar-refractivity contribution < 1.29 is 4.79 Å². The lowest BCUT2D eigenvalue weighted by atomic mass is 9.98. The molecule has 1 aliphatic heterocycles. The summed E-state index contributed by atoms with van der Waals surface area (Å²) in [7, 11) is 0. The van der Waals surface area contributed by atoms with E-state index in [2.05, 4.69) is 11.1 Å². The van der Waals surface area contributed by atoms with Crippen LogP contribution in [-0.2, 0) is 11.3 Å². The summed E-state index contributed by atoms with van der Waals surface area (Å²) in [6, 6.07) is 8.15. The number of carbonyl (C=O) groups is 1. The standard InChI is InChI=1S/C22H22N4O2S2/c1-13-14(2)29-21-19(13)22(28)26(12-23-21)11-18(27)25-9-5-6-15(10-25)20-24-16-7-3-4-8-17(16)30-20/h3-4,7-8,12,15H,5-6,9-11H2,1-2H3/t15-/m1/s1. The van der Waals surface area contributed by atoms with E-state index in [0.717, 1.165) is 45.2 Å². The molecule has 4 aromatic rings. The molecule has 0 bridgehead atoms. The van der Waals surface area contributed by atoms with Crippen molar-refractivity contribution in [3.63, 3.8) is 0 Å². The predicted molar refractivity (Wildman–Crippen MR) is 122 cm³/mol. The molecule has 30 heavy (non-hydrogen) atoms. The van der Waals surface area contributed by atoms with Crippen molar-refractivity contribution in [2.24, 2.45) is 0 Å². The molecule has 0 spiro atoms. The van der Waals surface area contributed by atoms with Crippen LogP contribution in [0.5, 0.6) is 0 Å². The van der Waals surface area contributed by atoms with Crippen LogP contribution in [0.2, 0.25) is 0 Å². The van der Waals surface area contributed by atoms with Gasteiger partial charge >= 0.3 is 0 Å². The first kappa shape index (κ1) is 19.4. The third-order valence-electron chi connectivity index (χ3n) is 5.90. The zero-order chi connectivity index (χ0) is 20.8. The van der Waals surface area contributed by atoms with Gasteiger partial charge in [0.15, 0.2) is 0 Å². The number of hydrogen-bond acceptors (Lipinski definition) is 6. The molecule has 1 atom stereocenters. The molecule has 0 radical (unpaired) electrons. The van der Waals surface area contributed by atoms with E-state index in [0.29, 0.717) is 11.9 Å². The SMILES string of the molecule is Cc1sc2ncn(CC(=O)N3CCC[C@@H](c4nc5ccccc5s4)C3)c(=O)c2c1C. The van der Waals surface area contributed by atoms with Crippen LogP contribution in [0, 0.1) is 13.8 Å². The Balaban J connectivity index is 1.36. The molecular weight excluding hydrogens is 416 g/mol. The molecule has 6 nitrogen and oxygen atoms in total. The van der Waals surface area contributed by atoms with Gasteiger partial charge < -0.3 is 4.90 Å². The van der Waals surface area contributed by atoms with Crippen molar-refractivity contribution in [1.82, 2.24) is 19.4 Å². The summed E-state index contributed by atoms with van der Waals surface area (Å²) < 4.78 is 2.63. The van der Waals surface area contributed by atoms with Crippen molar-refractivity contribution in [3.05, 3.63) is 56.4 Å². The van der Waals surface area contributed by atoms with Crippen molar-refractivity contribution in [3.8, 4) is 0 Å². The number of rotatable bonds is 3. The summed E-state index contributed by atoms with van der Waals surface area (Å²) >= 11 is 3.24. The van der Waals surface area contributed by atoms with Crippen molar-refractivity contribution >= 4 is 49.0 Å². The Morgan fingerprint density at radius 3 is 2.90 bits per heavy atom. The number of carbonyl (C=O) groups excluding carboxylic acids is 1. The van der Waals surface area contributed by atoms with E-state index >= 15 is 0 Å². The summed E-state index contributed by atoms with van der Waals surface area (Å²) in [5.41, 5.74) is 1.85. The van der Waals surface area contributed by atoms with Crippen molar-refractivity contribution in [1.29, 1.82) is 0 Å². The second-order valence-corrected chi connectivity index (χ2v) is 10.1. The fourth-order valence-electron chi connectivity index (χ4n) is 4.10. The Morgan fingerprint density at radius 2 is 2.07 bits per heavy atom. The molecule has 5 rings (SSSR count). The second-order valence-electron chi connectivity index (χ2n) is 7.84. The maximum Gasteiger partial charge on any atom is 0.262 e. The van der Waals surface area contributed by atoms with Crippen LogP contribution in [0.25, 0.3) is 20.4 Å². The topological polar surface area (TPSA) is 68.1 Å². The van der Waals surface area contributed by atoms with Crippen LogP contribution in [0.3, 0.4) is 0 Å². The summed E-state index contributed by atoms with van der Waals surface area (Å²) in [6.07, 6.45) is 3.48. The molecule has 1 fully saturated rings. The van der Waals surface area contributed by atoms with Gasteiger partial charge in [0.2, 0.25) is 5.91 Å². The summed E-state index contributed by atoms with van der Waals surface area (Å²) in [5, 5.41) is 1.73. The molecule has 0 N–H and O–H groups in total. The molecule has 0 aliphatic carbocycles. The number of aromatic nitrogens is 3. The van der Waals surface area contributed by atoms with E-state index in [1.807, 2.05) is 36.9 Å². The van der Waals surface area contributed by atoms with Crippen molar-refractivity contribution in [2.45, 2.75) is 39.2 Å². The zero-order valence-corrected chi connectivity index (χ0v) is 18.6. The van der Waals surface area contributed by atoms with E-state index in [4.69, 9.17) is 4.98 Å². The maximum absolute atomic E-state index is 13.0. The lowest BCUT2D eigenvalue weighted by Gasteiger charge is -2.32. The molecule has 0 saturated carbocycles. The Kier molecular flexibility index (Phi) is 4.91. The molecule has 1 amide bonds. The highest BCUT2D eigenvalue weighted by Gasteiger charge is 2.27. The normalized spacial score (nSPS) is 17.1. The highest BCUT2D eigenvalue weighted by atomic mass is 32.1. The van der Waals surface area contributed by atoms with E-state index in [9.17, 15) is 9.59 Å². The molecule has 1 aromatic carbocycles. The molecule has 3 aromatic heterocycles. The van der Waals surface area contributed by atoms with Gasteiger partial charge in [-0.05, 0) is 44.4 Å². The highest BCUT2D eigenvalue weighted by Crippen LogP contribution is 2.33. The Bertz CT molecular complexity index is 1290. The largest absolute Gasteiger partial charge is 0.340 e. The van der Waals surface area contributed by atoms with Crippen LogP contribution in [0.4, 0.5) is 0 Å². The number of likely N-dealkylation sites (tertiary alicyclic amines) is 1. The average molecular weight is 439 g/mol. The first-order valence-electron chi connectivity index (χ1n) is 10.1. The molecule has 1 saturated heterocycles. The van der Waals surface area contributed by atoms with Crippen LogP contribution >= 0.6 is 22.7 Å². The lowest BCUT2D eigenvalue weighted by molar-refractivity contribution is -0.133. The Hall–Kier alpha value is -2.58. The lowest BCUT2D eigenvalue weighted by Crippen LogP contribution is -2.42. The fourth-order valence-corrected chi connectivity index (χ4v) is 6.18. The number of hydrogen-bond donors (Lipinski definition) is 0. The van der Waals surface area contributed by atoms with Gasteiger partial charge in [0.1, 0.15) is 11.4 Å². The van der Waals surface area contributed by atoms with Crippen LogP contribution in [0.15, 0.2) is 35.4 Å². The predicted octanol–water partition coefficient (Wildman–Crippen LogP) is 4.09. The van der Waals surface area contributed by atoms with E-state index < -0.39 is 0 Å².